The molecule has 0 spiro atoms. The number of rotatable bonds is 6. The lowest BCUT2D eigenvalue weighted by molar-refractivity contribution is -0.131. The van der Waals surface area contributed by atoms with Gasteiger partial charge in [-0.25, -0.2) is 4.39 Å². The van der Waals surface area contributed by atoms with Gasteiger partial charge in [-0.05, 0) is 56.0 Å². The summed E-state index contributed by atoms with van der Waals surface area (Å²) in [4.78, 5) is 14.8. The molecule has 7 heteroatoms. The number of benzene rings is 2. The average Bonchev–Trinajstić information content (AvgIpc) is 3.16. The van der Waals surface area contributed by atoms with Gasteiger partial charge < -0.3 is 4.90 Å². The molecular formula is C23H25FN4OS. The van der Waals surface area contributed by atoms with Crippen LogP contribution in [0.25, 0.3) is 11.4 Å². The monoisotopic (exact) mass is 424 g/mol. The Morgan fingerprint density at radius 3 is 2.60 bits per heavy atom. The Labute approximate surface area is 180 Å². The molecule has 0 aliphatic carbocycles. The van der Waals surface area contributed by atoms with Crippen LogP contribution in [-0.4, -0.2) is 43.9 Å². The average molecular weight is 425 g/mol. The first-order valence-electron chi connectivity index (χ1n) is 10.3. The van der Waals surface area contributed by atoms with Crippen LogP contribution in [0.3, 0.4) is 0 Å². The normalized spacial score (nSPS) is 16.6. The van der Waals surface area contributed by atoms with E-state index in [2.05, 4.69) is 17.1 Å². The van der Waals surface area contributed by atoms with Gasteiger partial charge in [-0.2, -0.15) is 0 Å². The predicted molar refractivity (Wildman–Crippen MR) is 117 cm³/mol. The van der Waals surface area contributed by atoms with Crippen LogP contribution in [0.15, 0.2) is 59.8 Å². The molecule has 30 heavy (non-hydrogen) atoms. The summed E-state index contributed by atoms with van der Waals surface area (Å²) in [5, 5.41) is 9.41. The van der Waals surface area contributed by atoms with Crippen molar-refractivity contribution in [2.45, 2.75) is 43.9 Å². The summed E-state index contributed by atoms with van der Waals surface area (Å²) in [6.07, 6.45) is 3.32. The van der Waals surface area contributed by atoms with Crippen LogP contribution < -0.4 is 0 Å². The van der Waals surface area contributed by atoms with Crippen LogP contribution in [0, 0.1) is 5.82 Å². The summed E-state index contributed by atoms with van der Waals surface area (Å²) < 4.78 is 15.4. The lowest BCUT2D eigenvalue weighted by atomic mass is 10.0. The Morgan fingerprint density at radius 1 is 1.10 bits per heavy atom. The SMILES string of the molecule is C[C@@H]1CCCCN1C(=O)CSc1nnc(-c2ccc(F)cc2)n1Cc1ccccc1. The van der Waals surface area contributed by atoms with Crippen LogP contribution in [0.2, 0.25) is 0 Å². The molecule has 0 saturated carbocycles. The molecular weight excluding hydrogens is 399 g/mol. The third-order valence-electron chi connectivity index (χ3n) is 5.45. The van der Waals surface area contributed by atoms with Gasteiger partial charge >= 0.3 is 0 Å². The second kappa shape index (κ2) is 9.43. The minimum atomic E-state index is -0.288. The fourth-order valence-corrected chi connectivity index (χ4v) is 4.62. The number of nitrogens with zero attached hydrogens (tertiary/aromatic N) is 4. The molecule has 1 aliphatic heterocycles. The fourth-order valence-electron chi connectivity index (χ4n) is 3.79. The van der Waals surface area contributed by atoms with Crippen molar-refractivity contribution < 1.29 is 9.18 Å². The van der Waals surface area contributed by atoms with Gasteiger partial charge in [-0.15, -0.1) is 10.2 Å². The van der Waals surface area contributed by atoms with Crippen molar-refractivity contribution in [2.75, 3.05) is 12.3 Å². The van der Waals surface area contributed by atoms with Crippen LogP contribution in [0.5, 0.6) is 0 Å². The molecule has 1 atom stereocenters. The van der Waals surface area contributed by atoms with Crippen molar-refractivity contribution in [2.24, 2.45) is 0 Å². The first kappa shape index (κ1) is 20.6. The molecule has 0 N–H and O–H groups in total. The van der Waals surface area contributed by atoms with E-state index in [1.807, 2.05) is 39.8 Å². The summed E-state index contributed by atoms with van der Waals surface area (Å²) in [6.45, 7) is 3.53. The first-order chi connectivity index (χ1) is 14.6. The van der Waals surface area contributed by atoms with Crippen molar-refractivity contribution in [3.05, 3.63) is 66.0 Å². The quantitative estimate of drug-likeness (QED) is 0.542. The number of piperidine rings is 1. The Kier molecular flexibility index (Phi) is 6.47. The maximum atomic E-state index is 13.4. The van der Waals surface area contributed by atoms with Gasteiger partial charge in [0.05, 0.1) is 12.3 Å². The molecule has 2 heterocycles. The van der Waals surface area contributed by atoms with Gasteiger partial charge in [0.2, 0.25) is 5.91 Å². The Bertz CT molecular complexity index is 990. The van der Waals surface area contributed by atoms with Gasteiger partial charge in [0.1, 0.15) is 5.82 Å². The molecule has 1 saturated heterocycles. The predicted octanol–water partition coefficient (Wildman–Crippen LogP) is 4.63. The maximum absolute atomic E-state index is 13.4. The first-order valence-corrected chi connectivity index (χ1v) is 11.3. The zero-order chi connectivity index (χ0) is 20.9. The van der Waals surface area contributed by atoms with E-state index in [9.17, 15) is 9.18 Å². The van der Waals surface area contributed by atoms with Crippen molar-refractivity contribution in [1.29, 1.82) is 0 Å². The number of likely N-dealkylation sites (tertiary alicyclic amines) is 1. The molecule has 0 radical (unpaired) electrons. The van der Waals surface area contributed by atoms with Gasteiger partial charge in [0.15, 0.2) is 11.0 Å². The summed E-state index contributed by atoms with van der Waals surface area (Å²) in [5.41, 5.74) is 1.90. The number of amides is 1. The van der Waals surface area contributed by atoms with Crippen LogP contribution in [0.4, 0.5) is 4.39 Å². The summed E-state index contributed by atoms with van der Waals surface area (Å²) in [7, 11) is 0. The van der Waals surface area contributed by atoms with Crippen molar-refractivity contribution >= 4 is 17.7 Å². The highest BCUT2D eigenvalue weighted by atomic mass is 32.2. The van der Waals surface area contributed by atoms with E-state index in [4.69, 9.17) is 0 Å². The van der Waals surface area contributed by atoms with E-state index in [0.717, 1.165) is 30.5 Å². The number of hydrogen-bond donors (Lipinski definition) is 0. The Morgan fingerprint density at radius 2 is 1.87 bits per heavy atom. The number of halogens is 1. The lowest BCUT2D eigenvalue weighted by Crippen LogP contribution is -2.43. The third-order valence-corrected chi connectivity index (χ3v) is 6.40. The van der Waals surface area contributed by atoms with Gasteiger partial charge in [0, 0.05) is 18.2 Å². The molecule has 156 valence electrons. The van der Waals surface area contributed by atoms with E-state index < -0.39 is 0 Å². The third kappa shape index (κ3) is 4.73. The number of hydrogen-bond acceptors (Lipinski definition) is 4. The fraction of sp³-hybridized carbons (Fsp3) is 0.348. The Hall–Kier alpha value is -2.67. The molecule has 0 bridgehead atoms. The van der Waals surface area contributed by atoms with E-state index in [1.54, 1.807) is 12.1 Å². The zero-order valence-electron chi connectivity index (χ0n) is 17.0. The molecule has 1 aromatic heterocycles. The zero-order valence-corrected chi connectivity index (χ0v) is 17.8. The van der Waals surface area contributed by atoms with Gasteiger partial charge in [-0.1, -0.05) is 42.1 Å². The molecule has 5 nitrogen and oxygen atoms in total. The number of carbonyl (C=O) groups excluding carboxylic acids is 1. The lowest BCUT2D eigenvalue weighted by Gasteiger charge is -2.33. The van der Waals surface area contributed by atoms with Crippen LogP contribution in [-0.2, 0) is 11.3 Å². The second-order valence-electron chi connectivity index (χ2n) is 7.61. The van der Waals surface area contributed by atoms with Crippen LogP contribution in [0.1, 0.15) is 31.7 Å². The molecule has 1 amide bonds. The van der Waals surface area contributed by atoms with Gasteiger partial charge in [-0.3, -0.25) is 9.36 Å². The molecule has 3 aromatic rings. The highest BCUT2D eigenvalue weighted by molar-refractivity contribution is 7.99. The number of aromatic nitrogens is 3. The summed E-state index contributed by atoms with van der Waals surface area (Å²) in [5.74, 6) is 0.856. The highest BCUT2D eigenvalue weighted by Crippen LogP contribution is 2.26. The van der Waals surface area contributed by atoms with E-state index >= 15 is 0 Å². The minimum Gasteiger partial charge on any atom is -0.339 e. The molecule has 1 fully saturated rings. The number of carbonyl (C=O) groups is 1. The van der Waals surface area contributed by atoms with Gasteiger partial charge in [0.25, 0.3) is 0 Å². The summed E-state index contributed by atoms with van der Waals surface area (Å²) in [6, 6.07) is 16.6. The summed E-state index contributed by atoms with van der Waals surface area (Å²) >= 11 is 1.41. The smallest absolute Gasteiger partial charge is 0.233 e. The highest BCUT2D eigenvalue weighted by Gasteiger charge is 2.24. The minimum absolute atomic E-state index is 0.143. The molecule has 4 rings (SSSR count). The van der Waals surface area contributed by atoms with E-state index in [-0.39, 0.29) is 11.7 Å². The molecule has 0 unspecified atom stereocenters. The number of thioether (sulfide) groups is 1. The van der Waals surface area contributed by atoms with Crippen molar-refractivity contribution in [1.82, 2.24) is 19.7 Å². The van der Waals surface area contributed by atoms with E-state index in [0.29, 0.717) is 29.3 Å². The van der Waals surface area contributed by atoms with Crippen molar-refractivity contribution in [3.8, 4) is 11.4 Å². The Balaban J connectivity index is 1.57. The molecule has 2 aromatic carbocycles. The van der Waals surface area contributed by atoms with E-state index in [1.165, 1.54) is 30.3 Å². The topological polar surface area (TPSA) is 51.0 Å². The van der Waals surface area contributed by atoms with Crippen molar-refractivity contribution in [3.63, 3.8) is 0 Å². The largest absolute Gasteiger partial charge is 0.339 e. The second-order valence-corrected chi connectivity index (χ2v) is 8.55. The maximum Gasteiger partial charge on any atom is 0.233 e. The molecule has 1 aliphatic rings. The van der Waals surface area contributed by atoms with Crippen LogP contribution >= 0.6 is 11.8 Å². The standard InChI is InChI=1S/C23H25FN4OS/c1-17-7-5-6-14-27(17)21(29)16-30-23-26-25-22(19-10-12-20(24)13-11-19)28(23)15-18-8-3-2-4-9-18/h2-4,8-13,17H,5-7,14-16H2,1H3/t17-/m1/s1.